The van der Waals surface area contributed by atoms with Crippen LogP contribution >= 0.6 is 11.6 Å². The fourth-order valence-corrected chi connectivity index (χ4v) is 5.71. The maximum Gasteiger partial charge on any atom is 0.257 e. The molecule has 0 radical (unpaired) electrons. The topological polar surface area (TPSA) is 79.0 Å². The van der Waals surface area contributed by atoms with Crippen LogP contribution in [0.25, 0.3) is 0 Å². The van der Waals surface area contributed by atoms with Gasteiger partial charge in [-0.3, -0.25) is 14.4 Å². The Bertz CT molecular complexity index is 886. The number of benzene rings is 1. The summed E-state index contributed by atoms with van der Waals surface area (Å²) < 4.78 is 5.32. The second kappa shape index (κ2) is 11.4. The van der Waals surface area contributed by atoms with Crippen LogP contribution in [0.1, 0.15) is 68.1 Å². The zero-order chi connectivity index (χ0) is 24.1. The van der Waals surface area contributed by atoms with Crippen molar-refractivity contribution in [2.75, 3.05) is 33.3 Å². The van der Waals surface area contributed by atoms with Crippen LogP contribution in [0.5, 0.6) is 5.75 Å². The average molecular weight is 490 g/mol. The van der Waals surface area contributed by atoms with E-state index in [1.807, 2.05) is 4.90 Å². The van der Waals surface area contributed by atoms with Crippen LogP contribution in [0.2, 0.25) is 5.02 Å². The first-order valence-corrected chi connectivity index (χ1v) is 13.1. The van der Waals surface area contributed by atoms with Crippen molar-refractivity contribution in [3.8, 4) is 5.75 Å². The Labute approximate surface area is 207 Å². The second-order valence-electron chi connectivity index (χ2n) is 9.85. The van der Waals surface area contributed by atoms with Gasteiger partial charge < -0.3 is 19.9 Å². The summed E-state index contributed by atoms with van der Waals surface area (Å²) in [4.78, 5) is 42.4. The molecule has 186 valence electrons. The van der Waals surface area contributed by atoms with E-state index in [0.29, 0.717) is 55.4 Å². The Balaban J connectivity index is 1.23. The molecule has 2 aliphatic heterocycles. The molecule has 4 rings (SSSR count). The minimum atomic E-state index is -0.111. The first-order valence-electron chi connectivity index (χ1n) is 12.7. The van der Waals surface area contributed by atoms with E-state index >= 15 is 0 Å². The van der Waals surface area contributed by atoms with E-state index in [1.165, 1.54) is 13.5 Å². The molecule has 0 aromatic heterocycles. The van der Waals surface area contributed by atoms with Crippen LogP contribution in [-0.2, 0) is 9.59 Å². The number of ether oxygens (including phenoxy) is 1. The summed E-state index contributed by atoms with van der Waals surface area (Å²) in [7, 11) is 1.54. The van der Waals surface area contributed by atoms with Gasteiger partial charge in [-0.2, -0.15) is 0 Å². The molecule has 0 atom stereocenters. The van der Waals surface area contributed by atoms with Gasteiger partial charge in [-0.25, -0.2) is 0 Å². The normalized spacial score (nSPS) is 20.8. The fraction of sp³-hybridized carbons (Fsp3) is 0.654. The molecule has 0 unspecified atom stereocenters. The number of nitrogens with zero attached hydrogens (tertiary/aromatic N) is 2. The first-order chi connectivity index (χ1) is 16.5. The monoisotopic (exact) mass is 489 g/mol. The first kappa shape index (κ1) is 24.8. The Hall–Kier alpha value is -2.28. The molecule has 7 nitrogen and oxygen atoms in total. The molecule has 1 aromatic carbocycles. The number of carbonyl (C=O) groups excluding carboxylic acids is 3. The SMILES string of the molecule is COc1ccc(Cl)cc1C(=O)N1CCC(C(=O)N2CCC(NC(=O)C3CCCCC3)CC2)CC1. The van der Waals surface area contributed by atoms with Crippen LogP contribution in [-0.4, -0.2) is 66.9 Å². The van der Waals surface area contributed by atoms with Crippen molar-refractivity contribution in [2.24, 2.45) is 11.8 Å². The predicted molar refractivity (Wildman–Crippen MR) is 131 cm³/mol. The molecule has 34 heavy (non-hydrogen) atoms. The van der Waals surface area contributed by atoms with E-state index in [2.05, 4.69) is 5.32 Å². The van der Waals surface area contributed by atoms with Gasteiger partial charge in [-0.05, 0) is 56.7 Å². The minimum absolute atomic E-state index is 0.0568. The number of carbonyl (C=O) groups is 3. The van der Waals surface area contributed by atoms with Crippen molar-refractivity contribution in [1.82, 2.24) is 15.1 Å². The maximum absolute atomic E-state index is 13.1. The number of piperidine rings is 2. The molecule has 1 N–H and O–H groups in total. The van der Waals surface area contributed by atoms with Crippen LogP contribution < -0.4 is 10.1 Å². The zero-order valence-electron chi connectivity index (χ0n) is 20.1. The van der Waals surface area contributed by atoms with Gasteiger partial charge in [0.25, 0.3) is 5.91 Å². The number of halogens is 1. The molecule has 0 spiro atoms. The summed E-state index contributed by atoms with van der Waals surface area (Å²) in [6.07, 6.45) is 8.52. The quantitative estimate of drug-likeness (QED) is 0.680. The molecule has 2 heterocycles. The summed E-state index contributed by atoms with van der Waals surface area (Å²) in [5, 5.41) is 3.73. The molecule has 2 saturated heterocycles. The molecule has 1 aromatic rings. The summed E-state index contributed by atoms with van der Waals surface area (Å²) >= 11 is 6.09. The Morgan fingerprint density at radius 3 is 2.18 bits per heavy atom. The number of hydrogen-bond donors (Lipinski definition) is 1. The van der Waals surface area contributed by atoms with E-state index in [9.17, 15) is 14.4 Å². The molecule has 3 fully saturated rings. The summed E-state index contributed by atoms with van der Waals surface area (Å²) in [6.45, 7) is 2.46. The molecule has 3 aliphatic rings. The zero-order valence-corrected chi connectivity index (χ0v) is 20.8. The van der Waals surface area contributed by atoms with Crippen LogP contribution in [0.4, 0.5) is 0 Å². The smallest absolute Gasteiger partial charge is 0.257 e. The van der Waals surface area contributed by atoms with E-state index in [1.54, 1.807) is 23.1 Å². The third kappa shape index (κ3) is 5.85. The second-order valence-corrected chi connectivity index (χ2v) is 10.3. The molecule has 1 saturated carbocycles. The Morgan fingerprint density at radius 1 is 0.882 bits per heavy atom. The molecular weight excluding hydrogens is 454 g/mol. The summed E-state index contributed by atoms with van der Waals surface area (Å²) in [6, 6.07) is 5.21. The van der Waals surface area contributed by atoms with Gasteiger partial charge in [0.2, 0.25) is 11.8 Å². The van der Waals surface area contributed by atoms with E-state index in [0.717, 1.165) is 38.5 Å². The molecule has 1 aliphatic carbocycles. The third-order valence-electron chi connectivity index (χ3n) is 7.65. The summed E-state index contributed by atoms with van der Waals surface area (Å²) in [5.74, 6) is 0.903. The Kier molecular flexibility index (Phi) is 8.35. The molecule has 3 amide bonds. The van der Waals surface area contributed by atoms with Crippen molar-refractivity contribution in [3.63, 3.8) is 0 Å². The lowest BCUT2D eigenvalue weighted by molar-refractivity contribution is -0.138. The van der Waals surface area contributed by atoms with E-state index < -0.39 is 0 Å². The molecular formula is C26H36ClN3O4. The third-order valence-corrected chi connectivity index (χ3v) is 7.89. The largest absolute Gasteiger partial charge is 0.496 e. The Morgan fingerprint density at radius 2 is 1.53 bits per heavy atom. The van der Waals surface area contributed by atoms with Gasteiger partial charge >= 0.3 is 0 Å². The van der Waals surface area contributed by atoms with Crippen LogP contribution in [0, 0.1) is 11.8 Å². The minimum Gasteiger partial charge on any atom is -0.496 e. The van der Waals surface area contributed by atoms with Gasteiger partial charge in [-0.1, -0.05) is 30.9 Å². The predicted octanol–water partition coefficient (Wildman–Crippen LogP) is 3.89. The van der Waals surface area contributed by atoms with Gasteiger partial charge in [0.05, 0.1) is 12.7 Å². The fourth-order valence-electron chi connectivity index (χ4n) is 5.53. The number of nitrogens with one attached hydrogen (secondary N) is 1. The highest BCUT2D eigenvalue weighted by Crippen LogP contribution is 2.28. The van der Waals surface area contributed by atoms with Crippen molar-refractivity contribution >= 4 is 29.3 Å². The molecule has 0 bridgehead atoms. The highest BCUT2D eigenvalue weighted by molar-refractivity contribution is 6.31. The van der Waals surface area contributed by atoms with Crippen molar-refractivity contribution in [3.05, 3.63) is 28.8 Å². The lowest BCUT2D eigenvalue weighted by Crippen LogP contribution is -2.50. The van der Waals surface area contributed by atoms with Crippen LogP contribution in [0.3, 0.4) is 0 Å². The highest BCUT2D eigenvalue weighted by Gasteiger charge is 2.33. The van der Waals surface area contributed by atoms with E-state index in [4.69, 9.17) is 16.3 Å². The van der Waals surface area contributed by atoms with Crippen molar-refractivity contribution in [2.45, 2.75) is 63.8 Å². The standard InChI is InChI=1S/C26H36ClN3O4/c1-34-23-8-7-20(27)17-22(23)26(33)30-13-9-19(10-14-30)25(32)29-15-11-21(12-16-29)28-24(31)18-5-3-2-4-6-18/h7-8,17-19,21H,2-6,9-16H2,1H3,(H,28,31). The van der Waals surface area contributed by atoms with Gasteiger partial charge in [0.15, 0.2) is 0 Å². The highest BCUT2D eigenvalue weighted by atomic mass is 35.5. The summed E-state index contributed by atoms with van der Waals surface area (Å²) in [5.41, 5.74) is 0.456. The van der Waals surface area contributed by atoms with Gasteiger partial charge in [0, 0.05) is 49.1 Å². The van der Waals surface area contributed by atoms with Crippen molar-refractivity contribution < 1.29 is 19.1 Å². The number of likely N-dealkylation sites (tertiary alicyclic amines) is 2. The molecule has 8 heteroatoms. The number of hydrogen-bond acceptors (Lipinski definition) is 4. The van der Waals surface area contributed by atoms with Gasteiger partial charge in [0.1, 0.15) is 5.75 Å². The van der Waals surface area contributed by atoms with Crippen LogP contribution in [0.15, 0.2) is 18.2 Å². The number of amides is 3. The van der Waals surface area contributed by atoms with Gasteiger partial charge in [-0.15, -0.1) is 0 Å². The maximum atomic E-state index is 13.1. The number of methoxy groups -OCH3 is 1. The van der Waals surface area contributed by atoms with Crippen molar-refractivity contribution in [1.29, 1.82) is 0 Å². The lowest BCUT2D eigenvalue weighted by atomic mass is 9.88. The average Bonchev–Trinajstić information content (AvgIpc) is 2.89. The van der Waals surface area contributed by atoms with E-state index in [-0.39, 0.29) is 35.6 Å². The number of rotatable bonds is 5. The lowest BCUT2D eigenvalue weighted by Gasteiger charge is -2.38.